The van der Waals surface area contributed by atoms with Gasteiger partial charge in [0.1, 0.15) is 0 Å². The summed E-state index contributed by atoms with van der Waals surface area (Å²) in [5.74, 6) is 0. The van der Waals surface area contributed by atoms with Gasteiger partial charge in [-0.2, -0.15) is 0 Å². The van der Waals surface area contributed by atoms with Crippen LogP contribution in [0, 0.1) is 0 Å². The van der Waals surface area contributed by atoms with Gasteiger partial charge in [0.25, 0.3) is 0 Å². The van der Waals surface area contributed by atoms with Gasteiger partial charge < -0.3 is 5.32 Å². The predicted octanol–water partition coefficient (Wildman–Crippen LogP) is 2.40. The van der Waals surface area contributed by atoms with E-state index in [9.17, 15) is 8.42 Å². The first-order valence-electron chi connectivity index (χ1n) is 7.20. The lowest BCUT2D eigenvalue weighted by atomic mass is 10.1. The second-order valence-corrected chi connectivity index (χ2v) is 7.43. The molecule has 114 valence electrons. The van der Waals surface area contributed by atoms with Crippen LogP contribution in [0.25, 0.3) is 0 Å². The summed E-state index contributed by atoms with van der Waals surface area (Å²) in [5.41, 5.74) is 1.92. The van der Waals surface area contributed by atoms with Crippen molar-refractivity contribution < 1.29 is 8.42 Å². The minimum Gasteiger partial charge on any atom is -0.315 e. The second-order valence-electron chi connectivity index (χ2n) is 5.05. The Morgan fingerprint density at radius 2 is 1.80 bits per heavy atom. The molecule has 0 saturated carbocycles. The lowest BCUT2D eigenvalue weighted by Crippen LogP contribution is -2.40. The topological polar surface area (TPSA) is 49.4 Å². The molecular weight excluding hydrogens is 272 g/mol. The lowest BCUT2D eigenvalue weighted by molar-refractivity contribution is 0.569. The average molecular weight is 298 g/mol. The maximum Gasteiger partial charge on any atom is 0.238 e. The fraction of sp³-hybridized carbons (Fsp3) is 0.600. The highest BCUT2D eigenvalue weighted by molar-refractivity contribution is 7.93. The van der Waals surface area contributed by atoms with E-state index in [1.165, 1.54) is 9.87 Å². The number of anilines is 1. The molecule has 20 heavy (non-hydrogen) atoms. The minimum atomic E-state index is -3.32. The van der Waals surface area contributed by atoms with E-state index in [4.69, 9.17) is 0 Å². The molecule has 0 aromatic heterocycles. The van der Waals surface area contributed by atoms with Crippen LogP contribution in [0.15, 0.2) is 24.3 Å². The number of sulfonamides is 1. The van der Waals surface area contributed by atoms with Crippen molar-refractivity contribution in [2.24, 2.45) is 0 Å². The van der Waals surface area contributed by atoms with E-state index in [1.54, 1.807) is 14.0 Å². The summed E-state index contributed by atoms with van der Waals surface area (Å²) in [6.45, 7) is 7.21. The Balaban J connectivity index is 2.79. The minimum absolute atomic E-state index is 0.440. The third kappa shape index (κ3) is 4.21. The van der Waals surface area contributed by atoms with Crippen molar-refractivity contribution in [1.29, 1.82) is 0 Å². The van der Waals surface area contributed by atoms with Crippen LogP contribution < -0.4 is 9.62 Å². The standard InChI is InChI=1S/C15H26N2O2S/c1-5-11-16-12-13(3)20(18,19)17(4)15-9-7-14(6-2)8-10-15/h7-10,13,16H,5-6,11-12H2,1-4H3. The van der Waals surface area contributed by atoms with Crippen LogP contribution >= 0.6 is 0 Å². The molecule has 1 aromatic carbocycles. The molecule has 4 nitrogen and oxygen atoms in total. The van der Waals surface area contributed by atoms with Crippen molar-refractivity contribution in [3.8, 4) is 0 Å². The quantitative estimate of drug-likeness (QED) is 0.750. The van der Waals surface area contributed by atoms with Gasteiger partial charge in [-0.15, -0.1) is 0 Å². The van der Waals surface area contributed by atoms with E-state index in [0.717, 1.165) is 19.4 Å². The highest BCUT2D eigenvalue weighted by atomic mass is 32.2. The van der Waals surface area contributed by atoms with Gasteiger partial charge in [-0.1, -0.05) is 26.0 Å². The molecule has 0 fully saturated rings. The first kappa shape index (κ1) is 17.0. The summed E-state index contributed by atoms with van der Waals surface area (Å²) in [7, 11) is -1.70. The number of hydrogen-bond donors (Lipinski definition) is 1. The summed E-state index contributed by atoms with van der Waals surface area (Å²) in [6.07, 6.45) is 1.95. The molecule has 0 aliphatic rings. The normalized spacial score (nSPS) is 13.2. The van der Waals surface area contributed by atoms with Crippen molar-refractivity contribution in [1.82, 2.24) is 5.32 Å². The molecule has 0 radical (unpaired) electrons. The summed E-state index contributed by atoms with van der Waals surface area (Å²) >= 11 is 0. The Morgan fingerprint density at radius 3 is 2.30 bits per heavy atom. The molecule has 1 unspecified atom stereocenters. The molecule has 0 amide bonds. The van der Waals surface area contributed by atoms with E-state index in [-0.39, 0.29) is 0 Å². The molecule has 5 heteroatoms. The lowest BCUT2D eigenvalue weighted by Gasteiger charge is -2.24. The smallest absolute Gasteiger partial charge is 0.238 e. The Bertz CT molecular complexity index is 497. The van der Waals surface area contributed by atoms with Crippen molar-refractivity contribution in [3.05, 3.63) is 29.8 Å². The first-order chi connectivity index (χ1) is 9.43. The highest BCUT2D eigenvalue weighted by Crippen LogP contribution is 2.19. The third-order valence-corrected chi connectivity index (χ3v) is 5.61. The van der Waals surface area contributed by atoms with E-state index in [2.05, 4.69) is 19.2 Å². The van der Waals surface area contributed by atoms with Crippen LogP contribution in [-0.4, -0.2) is 33.8 Å². The molecule has 0 heterocycles. The van der Waals surface area contributed by atoms with Gasteiger partial charge in [0.15, 0.2) is 0 Å². The Labute approximate surface area is 123 Å². The molecule has 0 aliphatic carbocycles. The number of benzene rings is 1. The van der Waals surface area contributed by atoms with Crippen LogP contribution in [0.2, 0.25) is 0 Å². The number of nitrogens with one attached hydrogen (secondary N) is 1. The van der Waals surface area contributed by atoms with E-state index in [1.807, 2.05) is 24.3 Å². The number of hydrogen-bond acceptors (Lipinski definition) is 3. The molecule has 1 atom stereocenters. The largest absolute Gasteiger partial charge is 0.315 e. The fourth-order valence-electron chi connectivity index (χ4n) is 1.95. The van der Waals surface area contributed by atoms with E-state index >= 15 is 0 Å². The number of aryl methyl sites for hydroxylation is 1. The third-order valence-electron chi connectivity index (χ3n) is 3.46. The SMILES string of the molecule is CCCNCC(C)S(=O)(=O)N(C)c1ccc(CC)cc1. The van der Waals surface area contributed by atoms with Crippen LogP contribution in [0.3, 0.4) is 0 Å². The Hall–Kier alpha value is -1.07. The van der Waals surface area contributed by atoms with Crippen molar-refractivity contribution in [3.63, 3.8) is 0 Å². The molecule has 0 aliphatic heterocycles. The summed E-state index contributed by atoms with van der Waals surface area (Å²) in [6, 6.07) is 7.67. The van der Waals surface area contributed by atoms with Crippen LogP contribution in [-0.2, 0) is 16.4 Å². The zero-order chi connectivity index (χ0) is 15.2. The highest BCUT2D eigenvalue weighted by Gasteiger charge is 2.25. The molecule has 0 saturated heterocycles. The number of rotatable bonds is 8. The Morgan fingerprint density at radius 1 is 1.20 bits per heavy atom. The zero-order valence-electron chi connectivity index (χ0n) is 12.9. The van der Waals surface area contributed by atoms with Gasteiger partial charge in [-0.05, 0) is 44.0 Å². The van der Waals surface area contributed by atoms with Crippen molar-refractivity contribution >= 4 is 15.7 Å². The van der Waals surface area contributed by atoms with Crippen molar-refractivity contribution in [2.75, 3.05) is 24.4 Å². The first-order valence-corrected chi connectivity index (χ1v) is 8.71. The molecule has 1 N–H and O–H groups in total. The maximum atomic E-state index is 12.5. The molecular formula is C15H26N2O2S. The molecule has 0 spiro atoms. The average Bonchev–Trinajstić information content (AvgIpc) is 2.46. The Kier molecular flexibility index (Phi) is 6.49. The van der Waals surface area contributed by atoms with Crippen LogP contribution in [0.4, 0.5) is 5.69 Å². The van der Waals surface area contributed by atoms with Gasteiger partial charge >= 0.3 is 0 Å². The van der Waals surface area contributed by atoms with Crippen molar-refractivity contribution in [2.45, 2.75) is 38.9 Å². The van der Waals surface area contributed by atoms with Gasteiger partial charge in [0, 0.05) is 13.6 Å². The zero-order valence-corrected chi connectivity index (χ0v) is 13.7. The summed E-state index contributed by atoms with van der Waals surface area (Å²) in [5, 5.41) is 2.72. The molecule has 0 bridgehead atoms. The number of nitrogens with zero attached hydrogens (tertiary/aromatic N) is 1. The van der Waals surface area contributed by atoms with Gasteiger partial charge in [0.2, 0.25) is 10.0 Å². The van der Waals surface area contributed by atoms with Gasteiger partial charge in [0.05, 0.1) is 10.9 Å². The second kappa shape index (κ2) is 7.64. The monoisotopic (exact) mass is 298 g/mol. The summed E-state index contributed by atoms with van der Waals surface area (Å²) in [4.78, 5) is 0. The van der Waals surface area contributed by atoms with Gasteiger partial charge in [-0.3, -0.25) is 4.31 Å². The van der Waals surface area contributed by atoms with Crippen LogP contribution in [0.1, 0.15) is 32.8 Å². The van der Waals surface area contributed by atoms with Gasteiger partial charge in [-0.25, -0.2) is 8.42 Å². The van der Waals surface area contributed by atoms with E-state index in [0.29, 0.717) is 12.2 Å². The molecule has 1 aromatic rings. The summed E-state index contributed by atoms with van der Waals surface area (Å²) < 4.78 is 26.3. The molecule has 1 rings (SSSR count). The predicted molar refractivity (Wildman–Crippen MR) is 85.8 cm³/mol. The fourth-order valence-corrected chi connectivity index (χ4v) is 3.23. The van der Waals surface area contributed by atoms with E-state index < -0.39 is 15.3 Å². The van der Waals surface area contributed by atoms with Crippen LogP contribution in [0.5, 0.6) is 0 Å². The maximum absolute atomic E-state index is 12.5.